The van der Waals surface area contributed by atoms with E-state index < -0.39 is 0 Å². The fourth-order valence-corrected chi connectivity index (χ4v) is 5.70. The zero-order valence-corrected chi connectivity index (χ0v) is 21.2. The van der Waals surface area contributed by atoms with Gasteiger partial charge in [-0.25, -0.2) is 15.0 Å². The van der Waals surface area contributed by atoms with Crippen LogP contribution in [0.1, 0.15) is 52.7 Å². The molecule has 2 aromatic heterocycles. The van der Waals surface area contributed by atoms with Crippen LogP contribution in [-0.2, 0) is 6.42 Å². The average Bonchev–Trinajstić information content (AvgIpc) is 3.70. The Morgan fingerprint density at radius 3 is 2.61 bits per heavy atom. The molecule has 0 saturated carbocycles. The number of H-pyrrole nitrogens is 1. The molecule has 0 unspecified atom stereocenters. The van der Waals surface area contributed by atoms with Crippen LogP contribution < -0.4 is 14.4 Å². The highest BCUT2D eigenvalue weighted by molar-refractivity contribution is 5.91. The van der Waals surface area contributed by atoms with E-state index in [0.29, 0.717) is 5.92 Å². The van der Waals surface area contributed by atoms with Gasteiger partial charge in [0.1, 0.15) is 18.0 Å². The van der Waals surface area contributed by atoms with Crippen molar-refractivity contribution < 1.29 is 9.47 Å². The monoisotopic (exact) mass is 501 g/mol. The average molecular weight is 502 g/mol. The highest BCUT2D eigenvalue weighted by Gasteiger charge is 2.28. The van der Waals surface area contributed by atoms with Crippen molar-refractivity contribution in [2.75, 3.05) is 24.8 Å². The Morgan fingerprint density at radius 2 is 1.79 bits per heavy atom. The van der Waals surface area contributed by atoms with Crippen LogP contribution >= 0.6 is 0 Å². The molecule has 7 heteroatoms. The van der Waals surface area contributed by atoms with E-state index in [9.17, 15) is 0 Å². The van der Waals surface area contributed by atoms with E-state index >= 15 is 0 Å². The summed E-state index contributed by atoms with van der Waals surface area (Å²) in [6, 6.07) is 14.2. The summed E-state index contributed by atoms with van der Waals surface area (Å²) in [7, 11) is 0. The number of piperidine rings is 1. The molecule has 0 spiro atoms. The minimum absolute atomic E-state index is 0.272. The maximum atomic E-state index is 5.56. The zero-order valence-electron chi connectivity index (χ0n) is 21.2. The number of benzene rings is 2. The topological polar surface area (TPSA) is 76.2 Å². The van der Waals surface area contributed by atoms with Crippen molar-refractivity contribution in [1.82, 2.24) is 19.9 Å². The number of aromatic nitrogens is 4. The smallest absolute Gasteiger partial charge is 0.231 e. The Hall–Kier alpha value is -4.57. The molecule has 4 heterocycles. The van der Waals surface area contributed by atoms with Gasteiger partial charge in [-0.2, -0.15) is 0 Å². The summed E-state index contributed by atoms with van der Waals surface area (Å²) in [5.74, 6) is 6.71. The third-order valence-electron chi connectivity index (χ3n) is 7.77. The number of nitrogens with one attached hydrogen (secondary N) is 1. The second-order valence-corrected chi connectivity index (χ2v) is 10.1. The minimum atomic E-state index is 0.272. The van der Waals surface area contributed by atoms with Gasteiger partial charge in [-0.05, 0) is 67.3 Å². The van der Waals surface area contributed by atoms with Gasteiger partial charge in [0.15, 0.2) is 11.5 Å². The Morgan fingerprint density at radius 1 is 1.00 bits per heavy atom. The maximum Gasteiger partial charge on any atom is 0.231 e. The molecule has 1 aliphatic carbocycles. The summed E-state index contributed by atoms with van der Waals surface area (Å²) < 4.78 is 11.0. The number of nitrogens with zero attached hydrogens (tertiary/aromatic N) is 4. The molecule has 0 atom stereocenters. The molecular weight excluding hydrogens is 474 g/mol. The highest BCUT2D eigenvalue weighted by Crippen LogP contribution is 2.39. The first-order valence-corrected chi connectivity index (χ1v) is 13.0. The zero-order chi connectivity index (χ0) is 25.6. The summed E-state index contributed by atoms with van der Waals surface area (Å²) in [5, 5.41) is 0. The molecule has 0 radical (unpaired) electrons. The predicted octanol–water partition coefficient (Wildman–Crippen LogP) is 5.37. The normalized spacial score (nSPS) is 16.3. The fourth-order valence-electron chi connectivity index (χ4n) is 5.70. The summed E-state index contributed by atoms with van der Waals surface area (Å²) in [6.07, 6.45) is 12.3. The fraction of sp³-hybridized carbons (Fsp3) is 0.258. The third kappa shape index (κ3) is 3.90. The molecular formula is C31H27N5O2. The van der Waals surface area contributed by atoms with E-state index in [1.165, 1.54) is 11.1 Å². The molecule has 7 rings (SSSR count). The van der Waals surface area contributed by atoms with Gasteiger partial charge in [-0.1, -0.05) is 18.1 Å². The van der Waals surface area contributed by atoms with Crippen molar-refractivity contribution in [1.29, 1.82) is 0 Å². The standard InChI is InChI=1S/C31H27N5O2/c1-3-20-4-6-21(7-5-20)24-14-25-26(15-24)32-17-33-31(25)36-12-10-22(11-13-36)30-34-19(2)29(35-30)23-8-9-27-28(16-23)38-18-37-27/h1,4-9,14,16-17,22H,10-13,15,18H2,2H3,(H,34,35). The number of allylic oxidation sites excluding steroid dienone is 1. The second kappa shape index (κ2) is 9.07. The number of terminal acetylenes is 1. The summed E-state index contributed by atoms with van der Waals surface area (Å²) in [4.78, 5) is 20.3. The van der Waals surface area contributed by atoms with Crippen LogP contribution in [0.4, 0.5) is 5.82 Å². The molecule has 188 valence electrons. The first kappa shape index (κ1) is 22.6. The van der Waals surface area contributed by atoms with Crippen molar-refractivity contribution in [3.8, 4) is 35.1 Å². The number of fused-ring (bicyclic) bond motifs is 2. The van der Waals surface area contributed by atoms with Crippen molar-refractivity contribution in [2.45, 2.75) is 32.1 Å². The van der Waals surface area contributed by atoms with Crippen LogP contribution in [0, 0.1) is 19.3 Å². The van der Waals surface area contributed by atoms with Crippen LogP contribution in [0.25, 0.3) is 22.9 Å². The van der Waals surface area contributed by atoms with Crippen LogP contribution in [0.5, 0.6) is 11.5 Å². The molecule has 0 amide bonds. The van der Waals surface area contributed by atoms with Gasteiger partial charge in [0.2, 0.25) is 6.79 Å². The number of aryl methyl sites for hydroxylation is 1. The van der Waals surface area contributed by atoms with E-state index in [1.54, 1.807) is 6.33 Å². The summed E-state index contributed by atoms with van der Waals surface area (Å²) in [5.41, 5.74) is 8.64. The van der Waals surface area contributed by atoms with E-state index in [1.807, 2.05) is 30.3 Å². The largest absolute Gasteiger partial charge is 0.454 e. The number of rotatable bonds is 4. The van der Waals surface area contributed by atoms with Gasteiger partial charge in [0.05, 0.1) is 11.4 Å². The molecule has 7 nitrogen and oxygen atoms in total. The summed E-state index contributed by atoms with van der Waals surface area (Å²) in [6.45, 7) is 4.20. The predicted molar refractivity (Wildman–Crippen MR) is 147 cm³/mol. The van der Waals surface area contributed by atoms with Gasteiger partial charge in [0, 0.05) is 47.8 Å². The van der Waals surface area contributed by atoms with Gasteiger partial charge in [0.25, 0.3) is 0 Å². The Labute approximate surface area is 221 Å². The van der Waals surface area contributed by atoms with Crippen LogP contribution in [-0.4, -0.2) is 39.8 Å². The number of imidazole rings is 1. The summed E-state index contributed by atoms with van der Waals surface area (Å²) >= 11 is 0. The van der Waals surface area contributed by atoms with Crippen LogP contribution in [0.2, 0.25) is 0 Å². The van der Waals surface area contributed by atoms with Gasteiger partial charge < -0.3 is 19.4 Å². The molecule has 4 aromatic rings. The lowest BCUT2D eigenvalue weighted by Crippen LogP contribution is -2.34. The quantitative estimate of drug-likeness (QED) is 0.379. The van der Waals surface area contributed by atoms with Crippen molar-refractivity contribution in [2.24, 2.45) is 0 Å². The first-order valence-electron chi connectivity index (χ1n) is 13.0. The molecule has 1 saturated heterocycles. The Balaban J connectivity index is 1.08. The molecule has 1 fully saturated rings. The van der Waals surface area contributed by atoms with E-state index in [-0.39, 0.29) is 6.79 Å². The molecule has 3 aliphatic rings. The maximum absolute atomic E-state index is 5.56. The molecule has 2 aliphatic heterocycles. The molecule has 38 heavy (non-hydrogen) atoms. The lowest BCUT2D eigenvalue weighted by atomic mass is 9.96. The second-order valence-electron chi connectivity index (χ2n) is 10.1. The lowest BCUT2D eigenvalue weighted by Gasteiger charge is -2.32. The SMILES string of the molecule is C#Cc1ccc(C2=Cc3c(ncnc3N3CCC(c4nc(-c5ccc6c(c5)OCO6)c(C)[nH]4)CC3)C2)cc1. The van der Waals surface area contributed by atoms with Crippen LogP contribution in [0.15, 0.2) is 48.8 Å². The van der Waals surface area contributed by atoms with E-state index in [0.717, 1.165) is 89.3 Å². The van der Waals surface area contributed by atoms with E-state index in [2.05, 4.69) is 45.9 Å². The van der Waals surface area contributed by atoms with E-state index in [4.69, 9.17) is 25.9 Å². The Bertz CT molecular complexity index is 1600. The Kier molecular flexibility index (Phi) is 5.40. The number of hydrogen-bond acceptors (Lipinski definition) is 6. The lowest BCUT2D eigenvalue weighted by molar-refractivity contribution is 0.174. The number of hydrogen-bond donors (Lipinski definition) is 1. The minimum Gasteiger partial charge on any atom is -0.454 e. The molecule has 2 aromatic carbocycles. The number of anilines is 1. The van der Waals surface area contributed by atoms with Gasteiger partial charge in [-0.3, -0.25) is 0 Å². The first-order chi connectivity index (χ1) is 18.7. The third-order valence-corrected chi connectivity index (χ3v) is 7.77. The van der Waals surface area contributed by atoms with Gasteiger partial charge in [-0.15, -0.1) is 6.42 Å². The van der Waals surface area contributed by atoms with Gasteiger partial charge >= 0.3 is 0 Å². The van der Waals surface area contributed by atoms with Crippen molar-refractivity contribution in [3.05, 3.63) is 82.7 Å². The number of ether oxygens (including phenoxy) is 2. The van der Waals surface area contributed by atoms with Crippen molar-refractivity contribution >= 4 is 17.5 Å². The molecule has 0 bridgehead atoms. The van der Waals surface area contributed by atoms with Crippen LogP contribution in [0.3, 0.4) is 0 Å². The molecule has 1 N–H and O–H groups in total. The number of aromatic amines is 1. The van der Waals surface area contributed by atoms with Crippen molar-refractivity contribution in [3.63, 3.8) is 0 Å². The highest BCUT2D eigenvalue weighted by atomic mass is 16.7.